The molecule has 98 valence electrons. The van der Waals surface area contributed by atoms with Crippen LogP contribution in [0.1, 0.15) is 40.0 Å². The summed E-state index contributed by atoms with van der Waals surface area (Å²) in [6, 6.07) is 0. The lowest BCUT2D eigenvalue weighted by atomic mass is 10.2. The van der Waals surface area contributed by atoms with E-state index < -0.39 is 0 Å². The van der Waals surface area contributed by atoms with Crippen molar-refractivity contribution in [2.75, 3.05) is 39.4 Å². The van der Waals surface area contributed by atoms with Gasteiger partial charge in [-0.15, -0.1) is 0 Å². The Labute approximate surface area is 101 Å². The van der Waals surface area contributed by atoms with Gasteiger partial charge in [0.05, 0.1) is 0 Å². The largest absolute Gasteiger partial charge is 0.381 e. The van der Waals surface area contributed by atoms with E-state index in [0.717, 1.165) is 58.2 Å². The quantitative estimate of drug-likeness (QED) is 0.503. The second-order valence-electron chi connectivity index (χ2n) is 4.67. The third kappa shape index (κ3) is 13.9. The first-order valence-corrected chi connectivity index (χ1v) is 6.76. The molecule has 0 aromatic rings. The molecule has 0 unspecified atom stereocenters. The standard InChI is InChI=1S/C13H30N2O/c1-4-10-16-11-6-9-14-7-5-8-15-12-13(2)3/h13-15H,4-12H2,1-3H3. The molecule has 0 atom stereocenters. The van der Waals surface area contributed by atoms with Crippen molar-refractivity contribution in [1.82, 2.24) is 10.6 Å². The minimum atomic E-state index is 0.753. The smallest absolute Gasteiger partial charge is 0.0478 e. The second kappa shape index (κ2) is 12.9. The Hall–Kier alpha value is -0.120. The Balaban J connectivity index is 2.88. The van der Waals surface area contributed by atoms with Gasteiger partial charge in [0.25, 0.3) is 0 Å². The fraction of sp³-hybridized carbons (Fsp3) is 1.00. The summed E-state index contributed by atoms with van der Waals surface area (Å²) in [5.41, 5.74) is 0. The minimum absolute atomic E-state index is 0.753. The van der Waals surface area contributed by atoms with Gasteiger partial charge >= 0.3 is 0 Å². The predicted octanol–water partition coefficient (Wildman–Crippen LogP) is 2.03. The van der Waals surface area contributed by atoms with Crippen molar-refractivity contribution in [2.45, 2.75) is 40.0 Å². The molecule has 16 heavy (non-hydrogen) atoms. The fourth-order valence-corrected chi connectivity index (χ4v) is 1.40. The molecule has 0 aliphatic carbocycles. The van der Waals surface area contributed by atoms with Gasteiger partial charge < -0.3 is 15.4 Å². The molecule has 0 heterocycles. The SMILES string of the molecule is CCCOCCCNCCCNCC(C)C. The van der Waals surface area contributed by atoms with Crippen molar-refractivity contribution in [3.63, 3.8) is 0 Å². The second-order valence-corrected chi connectivity index (χ2v) is 4.67. The molecule has 0 aromatic carbocycles. The Bertz CT molecular complexity index is 129. The van der Waals surface area contributed by atoms with E-state index in [2.05, 4.69) is 31.4 Å². The maximum absolute atomic E-state index is 5.40. The molecule has 2 N–H and O–H groups in total. The fourth-order valence-electron chi connectivity index (χ4n) is 1.40. The predicted molar refractivity (Wildman–Crippen MR) is 70.9 cm³/mol. The molecule has 0 aliphatic rings. The molecular formula is C13H30N2O. The zero-order valence-electron chi connectivity index (χ0n) is 11.3. The van der Waals surface area contributed by atoms with Gasteiger partial charge in [-0.3, -0.25) is 0 Å². The highest BCUT2D eigenvalue weighted by Crippen LogP contribution is 1.87. The van der Waals surface area contributed by atoms with Crippen molar-refractivity contribution >= 4 is 0 Å². The lowest BCUT2D eigenvalue weighted by Gasteiger charge is -2.08. The molecule has 0 rings (SSSR count). The molecule has 0 saturated heterocycles. The highest BCUT2D eigenvalue weighted by atomic mass is 16.5. The Morgan fingerprint density at radius 3 is 2.31 bits per heavy atom. The first-order valence-electron chi connectivity index (χ1n) is 6.76. The third-order valence-electron chi connectivity index (χ3n) is 2.25. The zero-order valence-corrected chi connectivity index (χ0v) is 11.3. The summed E-state index contributed by atoms with van der Waals surface area (Å²) >= 11 is 0. The first-order chi connectivity index (χ1) is 7.77. The van der Waals surface area contributed by atoms with Gasteiger partial charge in [0, 0.05) is 13.2 Å². The molecule has 0 aliphatic heterocycles. The van der Waals surface area contributed by atoms with Crippen LogP contribution in [0.5, 0.6) is 0 Å². The van der Waals surface area contributed by atoms with Crippen LogP contribution in [0.4, 0.5) is 0 Å². The van der Waals surface area contributed by atoms with E-state index >= 15 is 0 Å². The van der Waals surface area contributed by atoms with Gasteiger partial charge in [-0.05, 0) is 51.4 Å². The molecule has 0 radical (unpaired) electrons. The maximum Gasteiger partial charge on any atom is 0.0478 e. The van der Waals surface area contributed by atoms with E-state index in [1.54, 1.807) is 0 Å². The molecule has 3 nitrogen and oxygen atoms in total. The van der Waals surface area contributed by atoms with Crippen LogP contribution in [0.15, 0.2) is 0 Å². The van der Waals surface area contributed by atoms with E-state index in [1.165, 1.54) is 6.42 Å². The summed E-state index contributed by atoms with van der Waals surface area (Å²) < 4.78 is 5.40. The summed E-state index contributed by atoms with van der Waals surface area (Å²) in [6.45, 7) is 12.9. The van der Waals surface area contributed by atoms with Crippen LogP contribution in [0, 0.1) is 5.92 Å². The van der Waals surface area contributed by atoms with E-state index in [0.29, 0.717) is 0 Å². The van der Waals surface area contributed by atoms with Crippen LogP contribution in [0.2, 0.25) is 0 Å². The number of hydrogen-bond acceptors (Lipinski definition) is 3. The molecule has 0 saturated carbocycles. The summed E-state index contributed by atoms with van der Waals surface area (Å²) in [4.78, 5) is 0. The summed E-state index contributed by atoms with van der Waals surface area (Å²) in [5.74, 6) is 0.753. The molecule has 0 aromatic heterocycles. The van der Waals surface area contributed by atoms with Crippen LogP contribution >= 0.6 is 0 Å². The van der Waals surface area contributed by atoms with E-state index in [4.69, 9.17) is 4.74 Å². The maximum atomic E-state index is 5.40. The van der Waals surface area contributed by atoms with Crippen molar-refractivity contribution in [3.8, 4) is 0 Å². The minimum Gasteiger partial charge on any atom is -0.381 e. The van der Waals surface area contributed by atoms with E-state index in [9.17, 15) is 0 Å². The van der Waals surface area contributed by atoms with Gasteiger partial charge in [0.2, 0.25) is 0 Å². The van der Waals surface area contributed by atoms with Gasteiger partial charge in [0.1, 0.15) is 0 Å². The Morgan fingerprint density at radius 2 is 1.62 bits per heavy atom. The van der Waals surface area contributed by atoms with Crippen molar-refractivity contribution < 1.29 is 4.74 Å². The summed E-state index contributed by atoms with van der Waals surface area (Å²) in [6.07, 6.45) is 3.46. The van der Waals surface area contributed by atoms with Gasteiger partial charge in [-0.25, -0.2) is 0 Å². The lowest BCUT2D eigenvalue weighted by Crippen LogP contribution is -2.25. The van der Waals surface area contributed by atoms with Gasteiger partial charge in [-0.1, -0.05) is 20.8 Å². The monoisotopic (exact) mass is 230 g/mol. The molecule has 0 amide bonds. The van der Waals surface area contributed by atoms with Crippen LogP contribution in [-0.4, -0.2) is 39.4 Å². The first kappa shape index (κ1) is 15.9. The third-order valence-corrected chi connectivity index (χ3v) is 2.25. The Kier molecular flexibility index (Phi) is 12.9. The molecule has 0 spiro atoms. The highest BCUT2D eigenvalue weighted by molar-refractivity contribution is 4.54. The lowest BCUT2D eigenvalue weighted by molar-refractivity contribution is 0.132. The average Bonchev–Trinajstić information content (AvgIpc) is 2.25. The molecule has 3 heteroatoms. The van der Waals surface area contributed by atoms with Crippen molar-refractivity contribution in [3.05, 3.63) is 0 Å². The topological polar surface area (TPSA) is 33.3 Å². The van der Waals surface area contributed by atoms with Crippen molar-refractivity contribution in [1.29, 1.82) is 0 Å². The van der Waals surface area contributed by atoms with Gasteiger partial charge in [-0.2, -0.15) is 0 Å². The Morgan fingerprint density at radius 1 is 0.938 bits per heavy atom. The zero-order chi connectivity index (χ0) is 12.1. The van der Waals surface area contributed by atoms with Crippen LogP contribution in [0.25, 0.3) is 0 Å². The molecular weight excluding hydrogens is 200 g/mol. The number of rotatable bonds is 12. The number of nitrogens with one attached hydrogen (secondary N) is 2. The van der Waals surface area contributed by atoms with Crippen molar-refractivity contribution in [2.24, 2.45) is 5.92 Å². The summed E-state index contributed by atoms with van der Waals surface area (Å²) in [5, 5.41) is 6.87. The molecule has 0 fully saturated rings. The van der Waals surface area contributed by atoms with Crippen LogP contribution < -0.4 is 10.6 Å². The highest BCUT2D eigenvalue weighted by Gasteiger charge is 1.92. The normalized spacial score (nSPS) is 11.2. The molecule has 0 bridgehead atoms. The number of ether oxygens (including phenoxy) is 1. The van der Waals surface area contributed by atoms with E-state index in [-0.39, 0.29) is 0 Å². The van der Waals surface area contributed by atoms with Crippen LogP contribution in [0.3, 0.4) is 0 Å². The average molecular weight is 230 g/mol. The van der Waals surface area contributed by atoms with Crippen LogP contribution in [-0.2, 0) is 4.74 Å². The van der Waals surface area contributed by atoms with E-state index in [1.807, 2.05) is 0 Å². The summed E-state index contributed by atoms with van der Waals surface area (Å²) in [7, 11) is 0. The van der Waals surface area contributed by atoms with Gasteiger partial charge in [0.15, 0.2) is 0 Å². The number of hydrogen-bond donors (Lipinski definition) is 2.